The Morgan fingerprint density at radius 3 is 2.94 bits per heavy atom. The number of hydrogen-bond acceptors (Lipinski definition) is 5. The van der Waals surface area contributed by atoms with Crippen molar-refractivity contribution < 1.29 is 9.90 Å². The maximum atomic E-state index is 11.6. The summed E-state index contributed by atoms with van der Waals surface area (Å²) in [5.41, 5.74) is 0.747. The smallest absolute Gasteiger partial charge is 0.238 e. The molecule has 0 spiro atoms. The van der Waals surface area contributed by atoms with Crippen molar-refractivity contribution in [3.05, 3.63) is 11.9 Å². The summed E-state index contributed by atoms with van der Waals surface area (Å²) in [6.07, 6.45) is 1.75. The van der Waals surface area contributed by atoms with E-state index in [0.717, 1.165) is 5.69 Å². The van der Waals surface area contributed by atoms with E-state index in [0.29, 0.717) is 13.1 Å². The van der Waals surface area contributed by atoms with Crippen molar-refractivity contribution in [2.24, 2.45) is 0 Å². The third-order valence-corrected chi connectivity index (χ3v) is 2.32. The fourth-order valence-electron chi connectivity index (χ4n) is 1.36. The summed E-state index contributed by atoms with van der Waals surface area (Å²) >= 11 is 0. The first-order valence-electron chi connectivity index (χ1n) is 5.49. The lowest BCUT2D eigenvalue weighted by atomic mass is 10.3. The van der Waals surface area contributed by atoms with Gasteiger partial charge in [0.2, 0.25) is 5.91 Å². The van der Waals surface area contributed by atoms with Crippen LogP contribution in [-0.4, -0.2) is 57.7 Å². The van der Waals surface area contributed by atoms with Crippen LogP contribution in [0.1, 0.15) is 12.6 Å². The molecule has 0 aromatic carbocycles. The SMILES string of the molecule is CC(NCc1cn(CCO)nn1)C(=O)N(C)C. The van der Waals surface area contributed by atoms with Crippen LogP contribution < -0.4 is 5.32 Å². The molecule has 0 aliphatic rings. The van der Waals surface area contributed by atoms with Crippen molar-refractivity contribution >= 4 is 5.91 Å². The Morgan fingerprint density at radius 1 is 1.65 bits per heavy atom. The van der Waals surface area contributed by atoms with E-state index in [-0.39, 0.29) is 18.6 Å². The largest absolute Gasteiger partial charge is 0.394 e. The van der Waals surface area contributed by atoms with Crippen LogP contribution in [0.25, 0.3) is 0 Å². The molecule has 1 rings (SSSR count). The molecule has 1 aromatic heterocycles. The average molecular weight is 241 g/mol. The molecule has 0 saturated carbocycles. The minimum atomic E-state index is -0.256. The molecule has 0 fully saturated rings. The van der Waals surface area contributed by atoms with Crippen molar-refractivity contribution in [1.82, 2.24) is 25.2 Å². The second-order valence-electron chi connectivity index (χ2n) is 4.03. The molecule has 17 heavy (non-hydrogen) atoms. The molecular formula is C10H19N5O2. The topological polar surface area (TPSA) is 83.3 Å². The summed E-state index contributed by atoms with van der Waals surface area (Å²) in [6.45, 7) is 2.75. The molecular weight excluding hydrogens is 222 g/mol. The number of likely N-dealkylation sites (N-methyl/N-ethyl adjacent to an activating group) is 1. The quantitative estimate of drug-likeness (QED) is 0.656. The van der Waals surface area contributed by atoms with Gasteiger partial charge in [0.05, 0.1) is 24.9 Å². The summed E-state index contributed by atoms with van der Waals surface area (Å²) in [6, 6.07) is -0.256. The van der Waals surface area contributed by atoms with Crippen LogP contribution in [-0.2, 0) is 17.9 Å². The van der Waals surface area contributed by atoms with Gasteiger partial charge in [-0.05, 0) is 6.92 Å². The normalized spacial score (nSPS) is 12.5. The number of rotatable bonds is 6. The zero-order valence-electron chi connectivity index (χ0n) is 10.4. The highest BCUT2D eigenvalue weighted by atomic mass is 16.3. The van der Waals surface area contributed by atoms with Gasteiger partial charge in [0.15, 0.2) is 0 Å². The lowest BCUT2D eigenvalue weighted by Crippen LogP contribution is -2.41. The highest BCUT2D eigenvalue weighted by Crippen LogP contribution is 1.95. The molecule has 1 heterocycles. The maximum absolute atomic E-state index is 11.6. The lowest BCUT2D eigenvalue weighted by Gasteiger charge is -2.17. The maximum Gasteiger partial charge on any atom is 0.238 e. The fourth-order valence-corrected chi connectivity index (χ4v) is 1.36. The molecule has 0 aliphatic carbocycles. The molecule has 1 aromatic rings. The summed E-state index contributed by atoms with van der Waals surface area (Å²) in [7, 11) is 3.44. The third kappa shape index (κ3) is 4.12. The summed E-state index contributed by atoms with van der Waals surface area (Å²) in [5, 5.41) is 19.6. The van der Waals surface area contributed by atoms with Crippen molar-refractivity contribution in [1.29, 1.82) is 0 Å². The minimum absolute atomic E-state index is 0.0211. The van der Waals surface area contributed by atoms with Crippen LogP contribution in [0.3, 0.4) is 0 Å². The van der Waals surface area contributed by atoms with Crippen LogP contribution in [0.5, 0.6) is 0 Å². The Morgan fingerprint density at radius 2 is 2.35 bits per heavy atom. The lowest BCUT2D eigenvalue weighted by molar-refractivity contribution is -0.130. The Hall–Kier alpha value is -1.47. The molecule has 2 N–H and O–H groups in total. The van der Waals surface area contributed by atoms with Crippen molar-refractivity contribution in [3.8, 4) is 0 Å². The van der Waals surface area contributed by atoms with Gasteiger partial charge in [0, 0.05) is 26.8 Å². The number of hydrogen-bond donors (Lipinski definition) is 2. The Labute approximate surface area is 100 Å². The Balaban J connectivity index is 2.41. The standard InChI is InChI=1S/C10H19N5O2/c1-8(10(17)14(2)3)11-6-9-7-15(4-5-16)13-12-9/h7-8,11,16H,4-6H2,1-3H3. The van der Waals surface area contributed by atoms with Gasteiger partial charge in [-0.25, -0.2) is 4.68 Å². The van der Waals surface area contributed by atoms with E-state index in [1.54, 1.807) is 36.8 Å². The highest BCUT2D eigenvalue weighted by Gasteiger charge is 2.14. The van der Waals surface area contributed by atoms with Gasteiger partial charge in [-0.15, -0.1) is 5.10 Å². The molecule has 96 valence electrons. The minimum Gasteiger partial charge on any atom is -0.394 e. The van der Waals surface area contributed by atoms with E-state index in [1.807, 2.05) is 0 Å². The first-order chi connectivity index (χ1) is 8.04. The molecule has 1 unspecified atom stereocenters. The van der Waals surface area contributed by atoms with Gasteiger partial charge in [0.25, 0.3) is 0 Å². The number of aliphatic hydroxyl groups excluding tert-OH is 1. The highest BCUT2D eigenvalue weighted by molar-refractivity contribution is 5.80. The van der Waals surface area contributed by atoms with E-state index >= 15 is 0 Å². The number of nitrogens with zero attached hydrogens (tertiary/aromatic N) is 4. The molecule has 0 radical (unpaired) electrons. The van der Waals surface area contributed by atoms with E-state index in [4.69, 9.17) is 5.11 Å². The summed E-state index contributed by atoms with van der Waals surface area (Å²) in [4.78, 5) is 13.1. The van der Waals surface area contributed by atoms with Gasteiger partial charge < -0.3 is 15.3 Å². The number of aliphatic hydroxyl groups is 1. The summed E-state index contributed by atoms with van der Waals surface area (Å²) in [5.74, 6) is 0.0211. The number of carbonyl (C=O) groups is 1. The Bertz CT molecular complexity index is 363. The van der Waals surface area contributed by atoms with Crippen LogP contribution >= 0.6 is 0 Å². The van der Waals surface area contributed by atoms with Crippen molar-refractivity contribution in [3.63, 3.8) is 0 Å². The molecule has 0 saturated heterocycles. The average Bonchev–Trinajstić information content (AvgIpc) is 2.73. The summed E-state index contributed by atoms with van der Waals surface area (Å²) < 4.78 is 1.56. The second kappa shape index (κ2) is 6.31. The van der Waals surface area contributed by atoms with Crippen LogP contribution in [0, 0.1) is 0 Å². The van der Waals surface area contributed by atoms with Crippen LogP contribution in [0.2, 0.25) is 0 Å². The number of aromatic nitrogens is 3. The second-order valence-corrected chi connectivity index (χ2v) is 4.03. The number of carbonyl (C=O) groups excluding carboxylic acids is 1. The fraction of sp³-hybridized carbons (Fsp3) is 0.700. The number of nitrogens with one attached hydrogen (secondary N) is 1. The van der Waals surface area contributed by atoms with Gasteiger partial charge in [0.1, 0.15) is 0 Å². The van der Waals surface area contributed by atoms with Crippen LogP contribution in [0.15, 0.2) is 6.20 Å². The van der Waals surface area contributed by atoms with Gasteiger partial charge in [-0.1, -0.05) is 5.21 Å². The predicted molar refractivity (Wildman–Crippen MR) is 62.1 cm³/mol. The molecule has 0 bridgehead atoms. The first-order valence-corrected chi connectivity index (χ1v) is 5.49. The zero-order chi connectivity index (χ0) is 12.8. The molecule has 0 aliphatic heterocycles. The predicted octanol–water partition coefficient (Wildman–Crippen LogP) is -1.16. The molecule has 7 nitrogen and oxygen atoms in total. The molecule has 1 atom stereocenters. The first kappa shape index (κ1) is 13.6. The zero-order valence-corrected chi connectivity index (χ0v) is 10.4. The molecule has 1 amide bonds. The van der Waals surface area contributed by atoms with Crippen molar-refractivity contribution in [2.75, 3.05) is 20.7 Å². The van der Waals surface area contributed by atoms with Crippen LogP contribution in [0.4, 0.5) is 0 Å². The van der Waals surface area contributed by atoms with E-state index in [2.05, 4.69) is 15.6 Å². The van der Waals surface area contributed by atoms with Gasteiger partial charge in [-0.3, -0.25) is 4.79 Å². The van der Waals surface area contributed by atoms with Gasteiger partial charge in [-0.2, -0.15) is 0 Å². The van der Waals surface area contributed by atoms with E-state index < -0.39 is 0 Å². The van der Waals surface area contributed by atoms with Gasteiger partial charge >= 0.3 is 0 Å². The Kier molecular flexibility index (Phi) is 5.05. The van der Waals surface area contributed by atoms with E-state index in [9.17, 15) is 4.79 Å². The van der Waals surface area contributed by atoms with Crippen molar-refractivity contribution in [2.45, 2.75) is 26.1 Å². The monoisotopic (exact) mass is 241 g/mol. The van der Waals surface area contributed by atoms with E-state index in [1.165, 1.54) is 0 Å². The third-order valence-electron chi connectivity index (χ3n) is 2.32. The molecule has 7 heteroatoms. The number of amides is 1.